The molecular weight excluding hydrogens is 416 g/mol. The van der Waals surface area contributed by atoms with Crippen LogP contribution in [0.25, 0.3) is 0 Å². The van der Waals surface area contributed by atoms with Crippen molar-refractivity contribution in [3.8, 4) is 0 Å². The van der Waals surface area contributed by atoms with Gasteiger partial charge in [-0.3, -0.25) is 4.79 Å². The van der Waals surface area contributed by atoms with Crippen LogP contribution in [0.15, 0.2) is 76.3 Å². The van der Waals surface area contributed by atoms with Gasteiger partial charge in [-0.1, -0.05) is 60.7 Å². The molecule has 156 valence electrons. The number of fused-ring (bicyclic) bond motifs is 1. The second-order valence-electron chi connectivity index (χ2n) is 7.35. The summed E-state index contributed by atoms with van der Waals surface area (Å²) in [6, 6.07) is 20.4. The lowest BCUT2D eigenvalue weighted by Gasteiger charge is -2.34. The quantitative estimate of drug-likeness (QED) is 0.571. The number of carbonyl (C=O) groups is 1. The zero-order valence-corrected chi connectivity index (χ0v) is 18.2. The van der Waals surface area contributed by atoms with Crippen molar-refractivity contribution in [2.24, 2.45) is 0 Å². The summed E-state index contributed by atoms with van der Waals surface area (Å²) in [6.07, 6.45) is 2.05. The normalized spacial score (nSPS) is 16.7. The average molecular weight is 441 g/mol. The summed E-state index contributed by atoms with van der Waals surface area (Å²) < 4.78 is 28.1. The Morgan fingerprint density at radius 1 is 1.00 bits per heavy atom. The minimum atomic E-state index is -3.74. The number of nitrogens with zero attached hydrogens (tertiary/aromatic N) is 1. The summed E-state index contributed by atoms with van der Waals surface area (Å²) >= 11 is 1.18. The molecule has 5 nitrogen and oxygen atoms in total. The molecule has 0 radical (unpaired) electrons. The summed E-state index contributed by atoms with van der Waals surface area (Å²) in [7, 11) is -3.74. The van der Waals surface area contributed by atoms with Gasteiger partial charge in [0.15, 0.2) is 0 Å². The van der Waals surface area contributed by atoms with E-state index < -0.39 is 16.1 Å². The van der Waals surface area contributed by atoms with E-state index in [4.69, 9.17) is 0 Å². The van der Waals surface area contributed by atoms with Crippen LogP contribution in [0, 0.1) is 0 Å². The first-order chi connectivity index (χ1) is 14.6. The molecule has 0 aliphatic carbocycles. The van der Waals surface area contributed by atoms with Crippen molar-refractivity contribution in [3.05, 3.63) is 88.8 Å². The molecule has 0 saturated heterocycles. The average Bonchev–Trinajstić information content (AvgIpc) is 3.32. The molecule has 3 aromatic rings. The molecule has 0 fully saturated rings. The van der Waals surface area contributed by atoms with E-state index in [-0.39, 0.29) is 16.7 Å². The molecule has 0 unspecified atom stereocenters. The number of hydrogen-bond donors (Lipinski definition) is 1. The highest BCUT2D eigenvalue weighted by Gasteiger charge is 2.39. The van der Waals surface area contributed by atoms with Crippen LogP contribution in [0.2, 0.25) is 0 Å². The summed E-state index contributed by atoms with van der Waals surface area (Å²) in [4.78, 5) is 13.0. The summed E-state index contributed by atoms with van der Waals surface area (Å²) in [5, 5.41) is 4.70. The fourth-order valence-corrected chi connectivity index (χ4v) is 6.45. The summed E-state index contributed by atoms with van der Waals surface area (Å²) in [5.74, 6) is -0.238. The van der Waals surface area contributed by atoms with E-state index in [1.165, 1.54) is 21.2 Å². The van der Waals surface area contributed by atoms with E-state index in [2.05, 4.69) is 17.4 Å². The Kier molecular flexibility index (Phi) is 6.32. The second-order valence-corrected chi connectivity index (χ2v) is 10.4. The summed E-state index contributed by atoms with van der Waals surface area (Å²) in [5.41, 5.74) is 3.20. The van der Waals surface area contributed by atoms with Crippen molar-refractivity contribution in [2.45, 2.75) is 36.1 Å². The number of sulfonamides is 1. The third kappa shape index (κ3) is 4.48. The Labute approximate surface area is 181 Å². The van der Waals surface area contributed by atoms with Crippen LogP contribution in [0.3, 0.4) is 0 Å². The van der Waals surface area contributed by atoms with Gasteiger partial charge in [-0.2, -0.15) is 4.31 Å². The lowest BCUT2D eigenvalue weighted by atomic mass is 9.95. The highest BCUT2D eigenvalue weighted by molar-refractivity contribution is 7.91. The highest BCUT2D eigenvalue weighted by Crippen LogP contribution is 2.30. The van der Waals surface area contributed by atoms with Crippen LogP contribution < -0.4 is 5.32 Å². The van der Waals surface area contributed by atoms with Gasteiger partial charge in [-0.15, -0.1) is 11.3 Å². The maximum atomic E-state index is 13.2. The van der Waals surface area contributed by atoms with E-state index >= 15 is 0 Å². The minimum absolute atomic E-state index is 0.207. The molecule has 7 heteroatoms. The molecule has 4 rings (SSSR count). The number of aryl methyl sites for hydroxylation is 1. The van der Waals surface area contributed by atoms with Gasteiger partial charge in [0.1, 0.15) is 10.3 Å². The zero-order chi connectivity index (χ0) is 21.0. The topological polar surface area (TPSA) is 66.5 Å². The van der Waals surface area contributed by atoms with Gasteiger partial charge >= 0.3 is 0 Å². The molecule has 2 aromatic carbocycles. The van der Waals surface area contributed by atoms with Crippen molar-refractivity contribution in [1.82, 2.24) is 9.62 Å². The third-order valence-corrected chi connectivity index (χ3v) is 8.58. The predicted octanol–water partition coefficient (Wildman–Crippen LogP) is 3.61. The van der Waals surface area contributed by atoms with Gasteiger partial charge in [-0.25, -0.2) is 8.42 Å². The molecule has 0 saturated carbocycles. The van der Waals surface area contributed by atoms with Gasteiger partial charge in [0.25, 0.3) is 10.0 Å². The molecule has 0 bridgehead atoms. The van der Waals surface area contributed by atoms with Crippen molar-refractivity contribution in [2.75, 3.05) is 6.54 Å². The Morgan fingerprint density at radius 2 is 1.73 bits per heavy atom. The van der Waals surface area contributed by atoms with Crippen LogP contribution >= 0.6 is 11.3 Å². The van der Waals surface area contributed by atoms with E-state index in [1.54, 1.807) is 17.5 Å². The molecule has 1 atom stereocenters. The van der Waals surface area contributed by atoms with Gasteiger partial charge < -0.3 is 5.32 Å². The first kappa shape index (κ1) is 20.8. The fraction of sp³-hybridized carbons (Fsp3) is 0.261. The predicted molar refractivity (Wildman–Crippen MR) is 119 cm³/mol. The molecule has 0 spiro atoms. The van der Waals surface area contributed by atoms with Crippen LogP contribution in [0.1, 0.15) is 23.1 Å². The first-order valence-corrected chi connectivity index (χ1v) is 12.3. The van der Waals surface area contributed by atoms with Crippen LogP contribution in [0.4, 0.5) is 0 Å². The largest absolute Gasteiger partial charge is 0.355 e. The smallest absolute Gasteiger partial charge is 0.253 e. The third-order valence-electron chi connectivity index (χ3n) is 5.35. The fourth-order valence-electron chi connectivity index (χ4n) is 3.77. The van der Waals surface area contributed by atoms with Crippen LogP contribution in [-0.2, 0) is 34.2 Å². The number of carbonyl (C=O) groups excluding carboxylic acids is 1. The number of benzene rings is 2. The van der Waals surface area contributed by atoms with Crippen molar-refractivity contribution in [3.63, 3.8) is 0 Å². The Bertz CT molecular complexity index is 1100. The molecule has 1 aromatic heterocycles. The molecule has 1 aliphatic rings. The van der Waals surface area contributed by atoms with Crippen LogP contribution in [-0.4, -0.2) is 31.2 Å². The highest BCUT2D eigenvalue weighted by atomic mass is 32.2. The standard InChI is InChI=1S/C23H24N2O3S2/c26-23(24-14-6-10-18-8-2-1-3-9-18)21-16-19-11-4-5-12-20(19)17-25(21)30(27,28)22-13-7-15-29-22/h1-5,7-9,11-13,15,21H,6,10,14,16-17H2,(H,24,26)/t21-/m0/s1. The monoisotopic (exact) mass is 440 g/mol. The Hall–Kier alpha value is -2.48. The van der Waals surface area contributed by atoms with Crippen LogP contribution in [0.5, 0.6) is 0 Å². The lowest BCUT2D eigenvalue weighted by molar-refractivity contribution is -0.125. The van der Waals surface area contributed by atoms with E-state index in [1.807, 2.05) is 42.5 Å². The van der Waals surface area contributed by atoms with Crippen molar-refractivity contribution < 1.29 is 13.2 Å². The zero-order valence-electron chi connectivity index (χ0n) is 16.5. The van der Waals surface area contributed by atoms with E-state index in [9.17, 15) is 13.2 Å². The molecule has 1 aliphatic heterocycles. The number of nitrogens with one attached hydrogen (secondary N) is 1. The number of rotatable bonds is 7. The molecule has 30 heavy (non-hydrogen) atoms. The first-order valence-electron chi connectivity index (χ1n) is 9.99. The number of thiophene rings is 1. The molecule has 1 amide bonds. The second kappa shape index (κ2) is 9.12. The molecule has 1 N–H and O–H groups in total. The minimum Gasteiger partial charge on any atom is -0.355 e. The number of hydrogen-bond acceptors (Lipinski definition) is 4. The molecular formula is C23H24N2O3S2. The Morgan fingerprint density at radius 3 is 2.47 bits per heavy atom. The van der Waals surface area contributed by atoms with Gasteiger partial charge in [0.2, 0.25) is 5.91 Å². The van der Waals surface area contributed by atoms with Gasteiger partial charge in [0, 0.05) is 13.1 Å². The van der Waals surface area contributed by atoms with Gasteiger partial charge in [-0.05, 0) is 47.4 Å². The maximum absolute atomic E-state index is 13.2. The molecule has 2 heterocycles. The SMILES string of the molecule is O=C(NCCCc1ccccc1)[C@@H]1Cc2ccccc2CN1S(=O)(=O)c1cccs1. The van der Waals surface area contributed by atoms with E-state index in [0.717, 1.165) is 24.0 Å². The maximum Gasteiger partial charge on any atom is 0.253 e. The lowest BCUT2D eigenvalue weighted by Crippen LogP contribution is -2.52. The Balaban J connectivity index is 1.49. The van der Waals surface area contributed by atoms with E-state index in [0.29, 0.717) is 13.0 Å². The van der Waals surface area contributed by atoms with Crippen molar-refractivity contribution in [1.29, 1.82) is 0 Å². The summed E-state index contributed by atoms with van der Waals surface area (Å²) in [6.45, 7) is 0.720. The van der Waals surface area contributed by atoms with Crippen molar-refractivity contribution >= 4 is 27.3 Å². The number of amides is 1. The van der Waals surface area contributed by atoms with Gasteiger partial charge in [0.05, 0.1) is 0 Å².